The van der Waals surface area contributed by atoms with Crippen LogP contribution in [0.4, 0.5) is 17.3 Å². The van der Waals surface area contributed by atoms with Crippen molar-refractivity contribution in [1.82, 2.24) is 9.97 Å². The Labute approximate surface area is 118 Å². The number of nitrogen functional groups attached to an aromatic ring is 1. The van der Waals surface area contributed by atoms with E-state index in [1.54, 1.807) is 0 Å². The van der Waals surface area contributed by atoms with Crippen LogP contribution in [-0.2, 0) is 0 Å². The van der Waals surface area contributed by atoms with Crippen LogP contribution >= 0.6 is 22.6 Å². The lowest BCUT2D eigenvalue weighted by Crippen LogP contribution is -1.91. The first-order valence-corrected chi connectivity index (χ1v) is 6.56. The molecule has 1 aromatic heterocycles. The molecular formula is C13H11IN4. The van der Waals surface area contributed by atoms with Crippen molar-refractivity contribution in [3.63, 3.8) is 0 Å². The lowest BCUT2D eigenvalue weighted by atomic mass is 10.3. The second-order valence-corrected chi connectivity index (χ2v) is 5.24. The Morgan fingerprint density at radius 2 is 1.89 bits per heavy atom. The van der Waals surface area contributed by atoms with E-state index < -0.39 is 0 Å². The molecule has 0 aliphatic carbocycles. The van der Waals surface area contributed by atoms with Crippen molar-refractivity contribution >= 4 is 50.9 Å². The fraction of sp³-hybridized carbons (Fsp3) is 0. The van der Waals surface area contributed by atoms with Gasteiger partial charge in [0, 0.05) is 14.9 Å². The summed E-state index contributed by atoms with van der Waals surface area (Å²) in [6, 6.07) is 13.7. The van der Waals surface area contributed by atoms with Crippen LogP contribution in [-0.4, -0.2) is 9.97 Å². The van der Waals surface area contributed by atoms with E-state index in [9.17, 15) is 0 Å². The van der Waals surface area contributed by atoms with Crippen molar-refractivity contribution in [2.24, 2.45) is 0 Å². The highest BCUT2D eigenvalue weighted by Crippen LogP contribution is 2.20. The molecule has 0 radical (unpaired) electrons. The summed E-state index contributed by atoms with van der Waals surface area (Å²) in [4.78, 5) is 7.64. The standard InChI is InChI=1S/C13H11IN4/c14-8-1-4-10(5-2-8)16-13-17-11-6-3-9(15)7-12(11)18-13/h1-7H,15H2,(H2,16,17,18). The van der Waals surface area contributed by atoms with Gasteiger partial charge in [0.1, 0.15) is 0 Å². The molecule has 0 unspecified atom stereocenters. The number of aromatic nitrogens is 2. The Morgan fingerprint density at radius 3 is 2.67 bits per heavy atom. The number of benzene rings is 2. The maximum Gasteiger partial charge on any atom is 0.205 e. The quantitative estimate of drug-likeness (QED) is 0.490. The highest BCUT2D eigenvalue weighted by Gasteiger charge is 2.03. The number of nitrogens with two attached hydrogens (primary N) is 1. The van der Waals surface area contributed by atoms with E-state index >= 15 is 0 Å². The van der Waals surface area contributed by atoms with Gasteiger partial charge in [-0.2, -0.15) is 0 Å². The molecule has 4 nitrogen and oxygen atoms in total. The van der Waals surface area contributed by atoms with E-state index in [-0.39, 0.29) is 0 Å². The van der Waals surface area contributed by atoms with Crippen LogP contribution in [0.15, 0.2) is 42.5 Å². The van der Waals surface area contributed by atoms with E-state index in [2.05, 4.69) is 37.9 Å². The molecule has 1 heterocycles. The van der Waals surface area contributed by atoms with Gasteiger partial charge in [-0.1, -0.05) is 0 Å². The van der Waals surface area contributed by atoms with Crippen LogP contribution in [0.3, 0.4) is 0 Å². The Hall–Kier alpha value is -1.76. The molecule has 90 valence electrons. The fourth-order valence-corrected chi connectivity index (χ4v) is 2.12. The number of anilines is 3. The van der Waals surface area contributed by atoms with E-state index in [0.717, 1.165) is 28.4 Å². The SMILES string of the molecule is Nc1ccc2nc(Nc3ccc(I)cc3)[nH]c2c1. The number of aromatic amines is 1. The summed E-state index contributed by atoms with van der Waals surface area (Å²) in [5.74, 6) is 0.719. The number of nitrogens with zero attached hydrogens (tertiary/aromatic N) is 1. The van der Waals surface area contributed by atoms with Crippen molar-refractivity contribution in [3.05, 3.63) is 46.0 Å². The van der Waals surface area contributed by atoms with Gasteiger partial charge in [-0.25, -0.2) is 4.98 Å². The Morgan fingerprint density at radius 1 is 1.11 bits per heavy atom. The van der Waals surface area contributed by atoms with Crippen LogP contribution in [0.2, 0.25) is 0 Å². The first kappa shape index (κ1) is 11.3. The number of rotatable bonds is 2. The summed E-state index contributed by atoms with van der Waals surface area (Å²) in [5, 5.41) is 3.23. The fourth-order valence-electron chi connectivity index (χ4n) is 1.76. The Bertz CT molecular complexity index is 688. The summed E-state index contributed by atoms with van der Waals surface area (Å²) in [5.41, 5.74) is 9.30. The lowest BCUT2D eigenvalue weighted by Gasteiger charge is -2.01. The van der Waals surface area contributed by atoms with Crippen molar-refractivity contribution in [2.75, 3.05) is 11.1 Å². The van der Waals surface area contributed by atoms with Crippen LogP contribution in [0.25, 0.3) is 11.0 Å². The van der Waals surface area contributed by atoms with Crippen LogP contribution in [0, 0.1) is 3.57 Å². The van der Waals surface area contributed by atoms with Gasteiger partial charge in [-0.3, -0.25) is 0 Å². The van der Waals surface area contributed by atoms with Gasteiger partial charge in [0.2, 0.25) is 5.95 Å². The van der Waals surface area contributed by atoms with Crippen LogP contribution in [0.1, 0.15) is 0 Å². The molecule has 0 aliphatic heterocycles. The van der Waals surface area contributed by atoms with Gasteiger partial charge in [0.05, 0.1) is 11.0 Å². The molecule has 0 spiro atoms. The van der Waals surface area contributed by atoms with Crippen LogP contribution in [0.5, 0.6) is 0 Å². The second-order valence-electron chi connectivity index (χ2n) is 3.99. The summed E-state index contributed by atoms with van der Waals surface area (Å²) >= 11 is 2.28. The molecule has 4 N–H and O–H groups in total. The second kappa shape index (κ2) is 4.49. The topological polar surface area (TPSA) is 66.7 Å². The minimum absolute atomic E-state index is 0.719. The highest BCUT2D eigenvalue weighted by atomic mass is 127. The average Bonchev–Trinajstić information content (AvgIpc) is 2.73. The van der Waals surface area contributed by atoms with E-state index in [4.69, 9.17) is 5.73 Å². The summed E-state index contributed by atoms with van der Waals surface area (Å²) < 4.78 is 1.20. The van der Waals surface area contributed by atoms with Gasteiger partial charge in [0.25, 0.3) is 0 Å². The van der Waals surface area contributed by atoms with E-state index in [0.29, 0.717) is 0 Å². The molecule has 0 bridgehead atoms. The van der Waals surface area contributed by atoms with Gasteiger partial charge >= 0.3 is 0 Å². The summed E-state index contributed by atoms with van der Waals surface area (Å²) in [6.07, 6.45) is 0. The third kappa shape index (κ3) is 2.26. The third-order valence-electron chi connectivity index (χ3n) is 2.61. The molecular weight excluding hydrogens is 339 g/mol. The number of imidazole rings is 1. The molecule has 0 saturated carbocycles. The minimum Gasteiger partial charge on any atom is -0.399 e. The molecule has 0 fully saturated rings. The normalized spacial score (nSPS) is 10.7. The predicted octanol–water partition coefficient (Wildman–Crippen LogP) is 3.49. The zero-order valence-electron chi connectivity index (χ0n) is 9.44. The zero-order valence-corrected chi connectivity index (χ0v) is 11.6. The lowest BCUT2D eigenvalue weighted by molar-refractivity contribution is 1.31. The Balaban J connectivity index is 1.92. The van der Waals surface area contributed by atoms with Crippen LogP contribution < -0.4 is 11.1 Å². The first-order chi connectivity index (χ1) is 8.70. The van der Waals surface area contributed by atoms with Crippen molar-refractivity contribution in [3.8, 4) is 0 Å². The summed E-state index contributed by atoms with van der Waals surface area (Å²) in [6.45, 7) is 0. The first-order valence-electron chi connectivity index (χ1n) is 5.48. The number of nitrogens with one attached hydrogen (secondary N) is 2. The van der Waals surface area contributed by atoms with Gasteiger partial charge in [0.15, 0.2) is 0 Å². The molecule has 5 heteroatoms. The monoisotopic (exact) mass is 350 g/mol. The maximum atomic E-state index is 5.73. The zero-order chi connectivity index (χ0) is 12.5. The summed E-state index contributed by atoms with van der Waals surface area (Å²) in [7, 11) is 0. The predicted molar refractivity (Wildman–Crippen MR) is 82.9 cm³/mol. The molecule has 0 atom stereocenters. The maximum absolute atomic E-state index is 5.73. The molecule has 2 aromatic carbocycles. The number of hydrogen-bond donors (Lipinski definition) is 3. The van der Waals surface area contributed by atoms with Gasteiger partial charge in [-0.15, -0.1) is 0 Å². The minimum atomic E-state index is 0.719. The smallest absolute Gasteiger partial charge is 0.205 e. The molecule has 0 saturated heterocycles. The van der Waals surface area contributed by atoms with E-state index in [1.165, 1.54) is 3.57 Å². The number of fused-ring (bicyclic) bond motifs is 1. The number of hydrogen-bond acceptors (Lipinski definition) is 3. The number of H-pyrrole nitrogens is 1. The van der Waals surface area contributed by atoms with E-state index in [1.807, 2.05) is 42.5 Å². The highest BCUT2D eigenvalue weighted by molar-refractivity contribution is 14.1. The molecule has 18 heavy (non-hydrogen) atoms. The van der Waals surface area contributed by atoms with Crippen molar-refractivity contribution < 1.29 is 0 Å². The number of halogens is 1. The van der Waals surface area contributed by atoms with Gasteiger partial charge < -0.3 is 16.0 Å². The molecule has 0 aliphatic rings. The molecule has 0 amide bonds. The molecule has 3 aromatic rings. The van der Waals surface area contributed by atoms with Crippen molar-refractivity contribution in [1.29, 1.82) is 0 Å². The van der Waals surface area contributed by atoms with Crippen molar-refractivity contribution in [2.45, 2.75) is 0 Å². The van der Waals surface area contributed by atoms with Gasteiger partial charge in [-0.05, 0) is 65.1 Å². The Kier molecular flexibility index (Phi) is 2.83. The third-order valence-corrected chi connectivity index (χ3v) is 3.33. The largest absolute Gasteiger partial charge is 0.399 e. The average molecular weight is 350 g/mol. The molecule has 3 rings (SSSR count).